The molecule has 3 heterocycles. The highest BCUT2D eigenvalue weighted by Gasteiger charge is 2.75. The molecule has 9 heteroatoms. The van der Waals surface area contributed by atoms with Gasteiger partial charge in [-0.25, -0.2) is 0 Å². The van der Waals surface area contributed by atoms with E-state index >= 15 is 0 Å². The molecule has 1 spiro atoms. The van der Waals surface area contributed by atoms with Gasteiger partial charge in [-0.05, 0) is 64.3 Å². The van der Waals surface area contributed by atoms with Crippen LogP contribution in [0, 0.1) is 11.8 Å². The lowest BCUT2D eigenvalue weighted by molar-refractivity contribution is -0.152. The Hall–Kier alpha value is -3.17. The zero-order valence-electron chi connectivity index (χ0n) is 24.8. The molecule has 0 saturated carbocycles. The topological polar surface area (TPSA) is 99.6 Å². The molecule has 3 fully saturated rings. The lowest BCUT2D eigenvalue weighted by atomic mass is 9.70. The number of hydrogen-bond donors (Lipinski definition) is 1. The number of benzene rings is 1. The van der Waals surface area contributed by atoms with E-state index in [2.05, 4.69) is 20.1 Å². The van der Waals surface area contributed by atoms with E-state index in [4.69, 9.17) is 9.47 Å². The van der Waals surface area contributed by atoms with Gasteiger partial charge in [-0.2, -0.15) is 0 Å². The van der Waals surface area contributed by atoms with E-state index in [0.29, 0.717) is 37.4 Å². The zero-order valence-corrected chi connectivity index (χ0v) is 24.8. The van der Waals surface area contributed by atoms with Crippen molar-refractivity contribution in [3.63, 3.8) is 0 Å². The summed E-state index contributed by atoms with van der Waals surface area (Å²) in [5.41, 5.74) is -0.466. The highest BCUT2D eigenvalue weighted by molar-refractivity contribution is 6.03. The Labute approximate surface area is 243 Å². The minimum absolute atomic E-state index is 0.0684. The number of likely N-dealkylation sites (tertiary alicyclic amines) is 1. The third-order valence-electron chi connectivity index (χ3n) is 8.88. The van der Waals surface area contributed by atoms with Crippen LogP contribution in [-0.2, 0) is 19.1 Å². The number of fused-ring (bicyclic) bond motifs is 1. The Kier molecular flexibility index (Phi) is 9.59. The summed E-state index contributed by atoms with van der Waals surface area (Å²) in [6, 6.07) is 5.66. The first kappa shape index (κ1) is 30.8. The van der Waals surface area contributed by atoms with E-state index in [9.17, 15) is 19.5 Å². The Bertz CT molecular complexity index is 1140. The predicted molar refractivity (Wildman–Crippen MR) is 157 cm³/mol. The number of aliphatic hydroxyl groups is 1. The van der Waals surface area contributed by atoms with E-state index in [1.54, 1.807) is 28.9 Å². The molecule has 1 N–H and O–H groups in total. The molecule has 1 aromatic carbocycles. The Balaban J connectivity index is 1.73. The second kappa shape index (κ2) is 12.8. The van der Waals surface area contributed by atoms with Gasteiger partial charge in [-0.1, -0.05) is 25.5 Å². The van der Waals surface area contributed by atoms with Crippen LogP contribution in [0.25, 0.3) is 0 Å². The van der Waals surface area contributed by atoms with Crippen LogP contribution in [0.2, 0.25) is 0 Å². The maximum absolute atomic E-state index is 14.4. The summed E-state index contributed by atoms with van der Waals surface area (Å²) in [6.45, 7) is 16.2. The van der Waals surface area contributed by atoms with E-state index in [1.165, 1.54) is 4.90 Å². The summed E-state index contributed by atoms with van der Waals surface area (Å²) >= 11 is 0. The summed E-state index contributed by atoms with van der Waals surface area (Å²) in [5, 5.41) is 10.1. The van der Waals surface area contributed by atoms with Crippen LogP contribution >= 0.6 is 0 Å². The summed E-state index contributed by atoms with van der Waals surface area (Å²) < 4.78 is 12.2. The summed E-state index contributed by atoms with van der Waals surface area (Å²) in [5.74, 6) is -1.63. The number of aliphatic hydroxyl groups excluding tert-OH is 1. The minimum Gasteiger partial charge on any atom is -0.494 e. The van der Waals surface area contributed by atoms with Gasteiger partial charge >= 0.3 is 0 Å². The molecule has 3 unspecified atom stereocenters. The quantitative estimate of drug-likeness (QED) is 0.345. The van der Waals surface area contributed by atoms with E-state index < -0.39 is 35.6 Å². The smallest absolute Gasteiger partial charge is 0.248 e. The van der Waals surface area contributed by atoms with E-state index in [1.807, 2.05) is 38.1 Å². The molecule has 3 amide bonds. The van der Waals surface area contributed by atoms with Gasteiger partial charge in [0, 0.05) is 24.8 Å². The van der Waals surface area contributed by atoms with Crippen LogP contribution < -0.4 is 9.64 Å². The van der Waals surface area contributed by atoms with Gasteiger partial charge < -0.3 is 29.3 Å². The molecule has 0 aliphatic carbocycles. The molecule has 9 nitrogen and oxygen atoms in total. The number of carbonyl (C=O) groups is 3. The van der Waals surface area contributed by atoms with Crippen LogP contribution in [0.15, 0.2) is 49.6 Å². The molecule has 0 radical (unpaired) electrons. The number of amides is 3. The summed E-state index contributed by atoms with van der Waals surface area (Å²) in [4.78, 5) is 47.8. The number of rotatable bonds is 14. The van der Waals surface area contributed by atoms with Gasteiger partial charge in [0.2, 0.25) is 17.7 Å². The average Bonchev–Trinajstić information content (AvgIpc) is 3.61. The van der Waals surface area contributed by atoms with Crippen LogP contribution in [-0.4, -0.2) is 88.8 Å². The maximum atomic E-state index is 14.4. The fourth-order valence-electron chi connectivity index (χ4n) is 7.09. The standard InChI is InChI=1S/C32H45N3O6/c1-7-11-21(5)33(18-8-2)31(39)28-32-17-16-25(41-32)26(27(32)30(38)35(28)22(6)20-36)29(37)34(19-9-3)23-12-14-24(15-13-23)40-10-4/h8-9,12-15,21-22,25-28,36H,2-3,7,10-11,16-20H2,1,4-6H3/t21?,22-,25-,26+,27+,28?,32?/m1/s1. The van der Waals surface area contributed by atoms with Crippen molar-refractivity contribution in [3.8, 4) is 5.75 Å². The molecular weight excluding hydrogens is 522 g/mol. The van der Waals surface area contributed by atoms with Crippen LogP contribution in [0.4, 0.5) is 5.69 Å². The minimum atomic E-state index is -1.13. The maximum Gasteiger partial charge on any atom is 0.248 e. The normalized spacial score (nSPS) is 27.7. The highest BCUT2D eigenvalue weighted by Crippen LogP contribution is 2.59. The molecule has 2 bridgehead atoms. The summed E-state index contributed by atoms with van der Waals surface area (Å²) in [7, 11) is 0. The Morgan fingerprint density at radius 3 is 2.44 bits per heavy atom. The summed E-state index contributed by atoms with van der Waals surface area (Å²) in [6.07, 6.45) is 5.64. The van der Waals surface area contributed by atoms with Crippen molar-refractivity contribution in [2.45, 2.75) is 83.2 Å². The van der Waals surface area contributed by atoms with Crippen molar-refractivity contribution >= 4 is 23.4 Å². The van der Waals surface area contributed by atoms with Crippen LogP contribution in [0.5, 0.6) is 5.75 Å². The third-order valence-corrected chi connectivity index (χ3v) is 8.88. The molecule has 4 rings (SSSR count). The second-order valence-corrected chi connectivity index (χ2v) is 11.4. The molecule has 3 aliphatic heterocycles. The van der Waals surface area contributed by atoms with Crippen molar-refractivity contribution in [2.75, 3.05) is 31.2 Å². The molecule has 7 atom stereocenters. The number of carbonyl (C=O) groups excluding carboxylic acids is 3. The fraction of sp³-hybridized carbons (Fsp3) is 0.594. The number of anilines is 1. The highest BCUT2D eigenvalue weighted by atomic mass is 16.5. The molecular formula is C32H45N3O6. The van der Waals surface area contributed by atoms with Gasteiger partial charge in [0.1, 0.15) is 17.4 Å². The second-order valence-electron chi connectivity index (χ2n) is 11.4. The van der Waals surface area contributed by atoms with Gasteiger partial charge in [0.05, 0.1) is 37.2 Å². The first-order valence-corrected chi connectivity index (χ1v) is 14.9. The SMILES string of the molecule is C=CCN(C(=O)[C@@H]1[C@H]2C(=O)N([C@H](C)CO)C(C(=O)N(CC=C)C(C)CCC)C23CC[C@H]1O3)c1ccc(OCC)cc1. The Morgan fingerprint density at radius 1 is 1.17 bits per heavy atom. The molecule has 224 valence electrons. The largest absolute Gasteiger partial charge is 0.494 e. The van der Waals surface area contributed by atoms with Crippen molar-refractivity contribution in [2.24, 2.45) is 11.8 Å². The molecule has 41 heavy (non-hydrogen) atoms. The molecule has 3 aliphatic rings. The third kappa shape index (κ3) is 5.30. The number of ether oxygens (including phenoxy) is 2. The van der Waals surface area contributed by atoms with Gasteiger partial charge in [-0.15, -0.1) is 13.2 Å². The van der Waals surface area contributed by atoms with Crippen molar-refractivity contribution in [3.05, 3.63) is 49.6 Å². The van der Waals surface area contributed by atoms with E-state index in [-0.39, 0.29) is 36.9 Å². The first-order valence-electron chi connectivity index (χ1n) is 14.9. The average molecular weight is 568 g/mol. The van der Waals surface area contributed by atoms with E-state index in [0.717, 1.165) is 12.8 Å². The molecule has 0 aromatic heterocycles. The predicted octanol–water partition coefficient (Wildman–Crippen LogP) is 3.56. The molecule has 1 aromatic rings. The van der Waals surface area contributed by atoms with Crippen molar-refractivity contribution in [1.82, 2.24) is 9.80 Å². The van der Waals surface area contributed by atoms with Crippen LogP contribution in [0.3, 0.4) is 0 Å². The monoisotopic (exact) mass is 567 g/mol. The Morgan fingerprint density at radius 2 is 1.85 bits per heavy atom. The molecule has 3 saturated heterocycles. The van der Waals surface area contributed by atoms with Gasteiger partial charge in [-0.3, -0.25) is 14.4 Å². The fourth-order valence-corrected chi connectivity index (χ4v) is 7.09. The van der Waals surface area contributed by atoms with Crippen molar-refractivity contribution < 1.29 is 29.0 Å². The van der Waals surface area contributed by atoms with Crippen LogP contribution in [0.1, 0.15) is 53.4 Å². The van der Waals surface area contributed by atoms with Gasteiger partial charge in [0.15, 0.2) is 0 Å². The first-order chi connectivity index (χ1) is 19.7. The lowest BCUT2D eigenvalue weighted by Crippen LogP contribution is -2.59. The zero-order chi connectivity index (χ0) is 29.9. The number of nitrogens with zero attached hydrogens (tertiary/aromatic N) is 3. The van der Waals surface area contributed by atoms with Gasteiger partial charge in [0.25, 0.3) is 0 Å². The number of hydrogen-bond acceptors (Lipinski definition) is 6. The lowest BCUT2D eigenvalue weighted by Gasteiger charge is -2.40. The van der Waals surface area contributed by atoms with Crippen molar-refractivity contribution in [1.29, 1.82) is 0 Å².